The molecule has 1 heterocycles. The van der Waals surface area contributed by atoms with Gasteiger partial charge in [0.2, 0.25) is 0 Å². The van der Waals surface area contributed by atoms with Crippen molar-refractivity contribution in [3.63, 3.8) is 0 Å². The van der Waals surface area contributed by atoms with Gasteiger partial charge in [-0.2, -0.15) is 0 Å². The minimum atomic E-state index is -0.830. The van der Waals surface area contributed by atoms with Crippen molar-refractivity contribution in [3.8, 4) is 0 Å². The van der Waals surface area contributed by atoms with Gasteiger partial charge in [-0.15, -0.1) is 0 Å². The number of nitrogens with zero attached hydrogens (tertiary/aromatic N) is 2. The summed E-state index contributed by atoms with van der Waals surface area (Å²) in [6.45, 7) is 7.66. The highest BCUT2D eigenvalue weighted by molar-refractivity contribution is 5.79. The maximum atomic E-state index is 12.7. The van der Waals surface area contributed by atoms with Crippen LogP contribution in [0.3, 0.4) is 0 Å². The molecule has 1 N–H and O–H groups in total. The smallest absolute Gasteiger partial charge is 0.320 e. The number of likely N-dealkylation sites (tertiary alicyclic amines) is 1. The lowest BCUT2D eigenvalue weighted by atomic mass is 9.90. The zero-order valence-electron chi connectivity index (χ0n) is 13.6. The predicted molar refractivity (Wildman–Crippen MR) is 80.3 cm³/mol. The molecule has 6 heteroatoms. The fraction of sp³-hybridized carbons (Fsp3) is 0.867. The van der Waals surface area contributed by atoms with Gasteiger partial charge in [0.1, 0.15) is 0 Å². The van der Waals surface area contributed by atoms with Crippen LogP contribution in [-0.2, 0) is 9.53 Å². The molecule has 1 unspecified atom stereocenters. The van der Waals surface area contributed by atoms with Crippen molar-refractivity contribution in [2.24, 2.45) is 5.41 Å². The fourth-order valence-electron chi connectivity index (χ4n) is 2.83. The minimum absolute atomic E-state index is 0.0641. The lowest BCUT2D eigenvalue weighted by Gasteiger charge is -2.34. The quantitative estimate of drug-likeness (QED) is 0.781. The van der Waals surface area contributed by atoms with Crippen molar-refractivity contribution in [2.75, 3.05) is 33.4 Å². The molecule has 1 fully saturated rings. The van der Waals surface area contributed by atoms with Crippen molar-refractivity contribution in [3.05, 3.63) is 0 Å². The van der Waals surface area contributed by atoms with Crippen LogP contribution in [0.1, 0.15) is 40.0 Å². The zero-order valence-corrected chi connectivity index (χ0v) is 13.6. The van der Waals surface area contributed by atoms with Crippen LogP contribution in [0, 0.1) is 5.41 Å². The monoisotopic (exact) mass is 300 g/mol. The van der Waals surface area contributed by atoms with Gasteiger partial charge in [0, 0.05) is 32.8 Å². The fourth-order valence-corrected chi connectivity index (χ4v) is 2.83. The summed E-state index contributed by atoms with van der Waals surface area (Å²) in [6, 6.07) is 0.107. The third kappa shape index (κ3) is 4.09. The molecule has 2 amide bonds. The minimum Gasteiger partial charge on any atom is -0.481 e. The number of hydrogen-bond donors (Lipinski definition) is 1. The summed E-state index contributed by atoms with van der Waals surface area (Å²) in [5.74, 6) is -0.830. The lowest BCUT2D eigenvalue weighted by Crippen LogP contribution is -2.49. The summed E-state index contributed by atoms with van der Waals surface area (Å²) in [7, 11) is 1.62. The van der Waals surface area contributed by atoms with Crippen LogP contribution in [0.2, 0.25) is 0 Å². The Balaban J connectivity index is 2.79. The van der Waals surface area contributed by atoms with Crippen molar-refractivity contribution >= 4 is 12.0 Å². The molecule has 0 aromatic heterocycles. The molecular weight excluding hydrogens is 272 g/mol. The van der Waals surface area contributed by atoms with Crippen molar-refractivity contribution in [2.45, 2.75) is 46.1 Å². The van der Waals surface area contributed by atoms with Gasteiger partial charge in [-0.1, -0.05) is 13.8 Å². The Morgan fingerprint density at radius 1 is 1.38 bits per heavy atom. The van der Waals surface area contributed by atoms with Crippen LogP contribution in [0.25, 0.3) is 0 Å². The number of hydrogen-bond acceptors (Lipinski definition) is 3. The van der Waals surface area contributed by atoms with E-state index in [4.69, 9.17) is 4.74 Å². The van der Waals surface area contributed by atoms with Crippen LogP contribution >= 0.6 is 0 Å². The lowest BCUT2D eigenvalue weighted by molar-refractivity contribution is -0.147. The maximum Gasteiger partial charge on any atom is 0.320 e. The van der Waals surface area contributed by atoms with Crippen molar-refractivity contribution < 1.29 is 19.4 Å². The number of carbonyl (C=O) groups is 2. The van der Waals surface area contributed by atoms with E-state index in [1.807, 2.05) is 4.90 Å². The summed E-state index contributed by atoms with van der Waals surface area (Å²) in [4.78, 5) is 27.5. The third-order valence-electron chi connectivity index (χ3n) is 4.43. The largest absolute Gasteiger partial charge is 0.481 e. The second kappa shape index (κ2) is 7.64. The molecule has 0 radical (unpaired) electrons. The topological polar surface area (TPSA) is 70.1 Å². The van der Waals surface area contributed by atoms with Gasteiger partial charge < -0.3 is 19.6 Å². The first-order chi connectivity index (χ1) is 9.89. The maximum absolute atomic E-state index is 12.7. The van der Waals surface area contributed by atoms with E-state index in [1.54, 1.807) is 18.9 Å². The van der Waals surface area contributed by atoms with E-state index in [1.165, 1.54) is 0 Å². The number of carbonyl (C=O) groups excluding carboxylic acids is 1. The number of carboxylic acids is 1. The number of carboxylic acid groups (broad SMARTS) is 1. The third-order valence-corrected chi connectivity index (χ3v) is 4.43. The van der Waals surface area contributed by atoms with Crippen LogP contribution in [-0.4, -0.2) is 66.3 Å². The second-order valence-corrected chi connectivity index (χ2v) is 5.98. The molecule has 0 spiro atoms. The van der Waals surface area contributed by atoms with Crippen molar-refractivity contribution in [1.29, 1.82) is 0 Å². The first-order valence-electron chi connectivity index (χ1n) is 7.67. The second-order valence-electron chi connectivity index (χ2n) is 5.98. The van der Waals surface area contributed by atoms with Gasteiger partial charge >= 0.3 is 12.0 Å². The Labute approximate surface area is 127 Å². The van der Waals surface area contributed by atoms with Crippen LogP contribution < -0.4 is 0 Å². The van der Waals surface area contributed by atoms with E-state index >= 15 is 0 Å². The van der Waals surface area contributed by atoms with E-state index in [2.05, 4.69) is 13.8 Å². The molecule has 0 bridgehead atoms. The average molecular weight is 300 g/mol. The Hall–Kier alpha value is -1.30. The molecule has 21 heavy (non-hydrogen) atoms. The SMILES string of the molecule is CCC(CC)N(CCOC)C(=O)N1CCC(C)(C(=O)O)C1. The molecule has 0 saturated carbocycles. The van der Waals surface area contributed by atoms with Gasteiger partial charge in [0.05, 0.1) is 12.0 Å². The molecule has 1 aliphatic rings. The highest BCUT2D eigenvalue weighted by Gasteiger charge is 2.43. The molecule has 1 saturated heterocycles. The number of amides is 2. The van der Waals surface area contributed by atoms with E-state index in [9.17, 15) is 14.7 Å². The Morgan fingerprint density at radius 2 is 2.00 bits per heavy atom. The number of rotatable bonds is 7. The standard InChI is InChI=1S/C15H28N2O4/c1-5-12(6-2)17(9-10-21-4)14(20)16-8-7-15(3,11-16)13(18)19/h12H,5-11H2,1-4H3,(H,18,19). The average Bonchev–Trinajstić information content (AvgIpc) is 2.87. The summed E-state index contributed by atoms with van der Waals surface area (Å²) >= 11 is 0. The molecule has 0 aliphatic carbocycles. The summed E-state index contributed by atoms with van der Waals surface area (Å²) in [5, 5.41) is 9.28. The number of ether oxygens (including phenoxy) is 1. The van der Waals surface area contributed by atoms with E-state index in [-0.39, 0.29) is 18.6 Å². The molecule has 1 aliphatic heterocycles. The van der Waals surface area contributed by atoms with Crippen LogP contribution in [0.4, 0.5) is 4.79 Å². The Kier molecular flexibility index (Phi) is 6.45. The Morgan fingerprint density at radius 3 is 2.43 bits per heavy atom. The molecule has 1 atom stereocenters. The molecule has 1 rings (SSSR count). The highest BCUT2D eigenvalue weighted by atomic mass is 16.5. The molecule has 122 valence electrons. The first-order valence-corrected chi connectivity index (χ1v) is 7.67. The van der Waals surface area contributed by atoms with Gasteiger partial charge in [-0.3, -0.25) is 4.79 Å². The van der Waals surface area contributed by atoms with E-state index in [0.717, 1.165) is 12.8 Å². The normalized spacial score (nSPS) is 21.9. The number of methoxy groups -OCH3 is 1. The van der Waals surface area contributed by atoms with E-state index < -0.39 is 11.4 Å². The summed E-state index contributed by atoms with van der Waals surface area (Å²) < 4.78 is 5.10. The summed E-state index contributed by atoms with van der Waals surface area (Å²) in [5.41, 5.74) is -0.823. The molecule has 0 aromatic carbocycles. The van der Waals surface area contributed by atoms with Gasteiger partial charge in [-0.25, -0.2) is 4.79 Å². The van der Waals surface area contributed by atoms with Gasteiger partial charge in [0.25, 0.3) is 0 Å². The number of aliphatic carboxylic acids is 1. The number of urea groups is 1. The summed E-state index contributed by atoms with van der Waals surface area (Å²) in [6.07, 6.45) is 2.28. The van der Waals surface area contributed by atoms with Gasteiger partial charge in [0.15, 0.2) is 0 Å². The molecule has 6 nitrogen and oxygen atoms in total. The highest BCUT2D eigenvalue weighted by Crippen LogP contribution is 2.31. The molecular formula is C15H28N2O4. The van der Waals surface area contributed by atoms with E-state index in [0.29, 0.717) is 26.1 Å². The van der Waals surface area contributed by atoms with Gasteiger partial charge in [-0.05, 0) is 26.2 Å². The first kappa shape index (κ1) is 17.8. The van der Waals surface area contributed by atoms with Crippen molar-refractivity contribution in [1.82, 2.24) is 9.80 Å². The molecule has 0 aromatic rings. The zero-order chi connectivity index (χ0) is 16.0. The predicted octanol–water partition coefficient (Wildman–Crippen LogP) is 2.04. The Bertz CT molecular complexity index is 371. The van der Waals surface area contributed by atoms with Crippen LogP contribution in [0.5, 0.6) is 0 Å². The van der Waals surface area contributed by atoms with Crippen LogP contribution in [0.15, 0.2) is 0 Å².